The second-order valence-electron chi connectivity index (χ2n) is 4.01. The molecule has 0 unspecified atom stereocenters. The average Bonchev–Trinajstić information content (AvgIpc) is 2.24. The van der Waals surface area contributed by atoms with E-state index in [1.165, 1.54) is 16.8 Å². The molecule has 2 rings (SSSR count). The average molecular weight is 240 g/mol. The van der Waals surface area contributed by atoms with Gasteiger partial charge in [0.25, 0.3) is 0 Å². The van der Waals surface area contributed by atoms with Gasteiger partial charge in [0.2, 0.25) is 0 Å². The first-order chi connectivity index (χ1) is 7.22. The van der Waals surface area contributed by atoms with Crippen molar-refractivity contribution in [3.05, 3.63) is 29.3 Å². The van der Waals surface area contributed by atoms with E-state index in [0.717, 1.165) is 25.3 Å². The molecule has 0 fully saturated rings. The first kappa shape index (κ1) is 13.0. The summed E-state index contributed by atoms with van der Waals surface area (Å²) in [7, 11) is 2.15. The molecule has 88 valence electrons. The summed E-state index contributed by atoms with van der Waals surface area (Å²) < 4.78 is 7.82. The highest BCUT2D eigenvalue weighted by Gasteiger charge is 2.19. The molecule has 1 heterocycles. The van der Waals surface area contributed by atoms with Gasteiger partial charge in [0.1, 0.15) is 19.3 Å². The number of hydrogen-bond acceptors (Lipinski definition) is 1. The molecule has 0 saturated carbocycles. The lowest BCUT2D eigenvalue weighted by Gasteiger charge is -2.15. The molecular formula is C13H18ClNO. The molecule has 0 bridgehead atoms. The van der Waals surface area contributed by atoms with E-state index in [1.54, 1.807) is 0 Å². The van der Waals surface area contributed by atoms with Gasteiger partial charge < -0.3 is 17.1 Å². The lowest BCUT2D eigenvalue weighted by molar-refractivity contribution is -0.498. The second-order valence-corrected chi connectivity index (χ2v) is 4.01. The molecule has 16 heavy (non-hydrogen) atoms. The SMILES string of the molecule is CCOc1ccc2c(c1)CC[N+](C)=C2C.[Cl-]. The van der Waals surface area contributed by atoms with Crippen molar-refractivity contribution in [2.24, 2.45) is 0 Å². The summed E-state index contributed by atoms with van der Waals surface area (Å²) in [4.78, 5) is 0. The van der Waals surface area contributed by atoms with Crippen molar-refractivity contribution in [2.45, 2.75) is 20.3 Å². The molecule has 1 aromatic carbocycles. The van der Waals surface area contributed by atoms with E-state index >= 15 is 0 Å². The van der Waals surface area contributed by atoms with Gasteiger partial charge in [0.05, 0.1) is 6.61 Å². The van der Waals surface area contributed by atoms with E-state index in [9.17, 15) is 0 Å². The molecule has 0 aromatic heterocycles. The Hall–Kier alpha value is -1.02. The van der Waals surface area contributed by atoms with Crippen LogP contribution in [0.4, 0.5) is 0 Å². The third-order valence-corrected chi connectivity index (χ3v) is 3.07. The van der Waals surface area contributed by atoms with E-state index in [-0.39, 0.29) is 12.4 Å². The number of nitrogens with zero attached hydrogens (tertiary/aromatic N) is 1. The van der Waals surface area contributed by atoms with Gasteiger partial charge in [0.15, 0.2) is 5.71 Å². The zero-order valence-corrected chi connectivity index (χ0v) is 10.8. The highest BCUT2D eigenvalue weighted by atomic mass is 35.5. The van der Waals surface area contributed by atoms with Crippen molar-refractivity contribution < 1.29 is 21.7 Å². The first-order valence-electron chi connectivity index (χ1n) is 5.53. The summed E-state index contributed by atoms with van der Waals surface area (Å²) in [5.41, 5.74) is 4.14. The Morgan fingerprint density at radius 1 is 1.38 bits per heavy atom. The maximum atomic E-state index is 5.51. The number of fused-ring (bicyclic) bond motifs is 1. The van der Waals surface area contributed by atoms with Gasteiger partial charge in [-0.15, -0.1) is 0 Å². The molecule has 1 aromatic rings. The molecule has 0 saturated heterocycles. The Balaban J connectivity index is 0.00000128. The molecular weight excluding hydrogens is 222 g/mol. The van der Waals surface area contributed by atoms with Crippen LogP contribution >= 0.6 is 0 Å². The molecule has 1 aliphatic rings. The van der Waals surface area contributed by atoms with Gasteiger partial charge in [-0.1, -0.05) is 0 Å². The molecule has 0 N–H and O–H groups in total. The fourth-order valence-corrected chi connectivity index (χ4v) is 2.05. The molecule has 0 atom stereocenters. The van der Waals surface area contributed by atoms with Crippen molar-refractivity contribution in [1.82, 2.24) is 0 Å². The minimum atomic E-state index is 0. The predicted molar refractivity (Wildman–Crippen MR) is 62.1 cm³/mol. The Morgan fingerprint density at radius 2 is 2.12 bits per heavy atom. The molecule has 3 heteroatoms. The van der Waals surface area contributed by atoms with E-state index in [0.29, 0.717) is 0 Å². The number of ether oxygens (including phenoxy) is 1. The van der Waals surface area contributed by atoms with Crippen LogP contribution in [-0.2, 0) is 6.42 Å². The highest BCUT2D eigenvalue weighted by molar-refractivity contribution is 5.97. The van der Waals surface area contributed by atoms with Gasteiger partial charge in [-0.05, 0) is 30.7 Å². The quantitative estimate of drug-likeness (QED) is 0.610. The Labute approximate surface area is 103 Å². The topological polar surface area (TPSA) is 12.2 Å². The van der Waals surface area contributed by atoms with Crippen molar-refractivity contribution >= 4 is 5.71 Å². The lowest BCUT2D eigenvalue weighted by atomic mass is 9.97. The summed E-state index contributed by atoms with van der Waals surface area (Å²) >= 11 is 0. The van der Waals surface area contributed by atoms with E-state index in [4.69, 9.17) is 4.74 Å². The van der Waals surface area contributed by atoms with E-state index < -0.39 is 0 Å². The molecule has 0 spiro atoms. The Bertz CT molecular complexity index is 412. The van der Waals surface area contributed by atoms with Crippen LogP contribution in [0.1, 0.15) is 25.0 Å². The molecule has 0 amide bonds. The van der Waals surface area contributed by atoms with Gasteiger partial charge in [-0.25, -0.2) is 4.58 Å². The minimum absolute atomic E-state index is 0. The maximum absolute atomic E-state index is 5.51. The molecule has 2 nitrogen and oxygen atoms in total. The Kier molecular flexibility index (Phi) is 4.36. The maximum Gasteiger partial charge on any atom is 0.180 e. The monoisotopic (exact) mass is 239 g/mol. The van der Waals surface area contributed by atoms with Crippen LogP contribution in [0.2, 0.25) is 0 Å². The van der Waals surface area contributed by atoms with Gasteiger partial charge in [0, 0.05) is 18.9 Å². The fourth-order valence-electron chi connectivity index (χ4n) is 2.05. The van der Waals surface area contributed by atoms with Gasteiger partial charge in [-0.3, -0.25) is 0 Å². The third kappa shape index (κ3) is 2.38. The minimum Gasteiger partial charge on any atom is -1.00 e. The number of likely N-dealkylation sites (N-methyl/N-ethyl adjacent to an activating group) is 1. The summed E-state index contributed by atoms with van der Waals surface area (Å²) in [5.74, 6) is 0.994. The number of rotatable bonds is 2. The van der Waals surface area contributed by atoms with E-state index in [1.807, 2.05) is 6.92 Å². The predicted octanol–water partition coefficient (Wildman–Crippen LogP) is -0.903. The van der Waals surface area contributed by atoms with Crippen LogP contribution in [0, 0.1) is 0 Å². The highest BCUT2D eigenvalue weighted by Crippen LogP contribution is 2.21. The Morgan fingerprint density at radius 3 is 2.81 bits per heavy atom. The second kappa shape index (κ2) is 5.35. The number of hydrogen-bond donors (Lipinski definition) is 0. The zero-order valence-electron chi connectivity index (χ0n) is 10.1. The van der Waals surface area contributed by atoms with Crippen LogP contribution < -0.4 is 17.1 Å². The molecule has 0 aliphatic carbocycles. The van der Waals surface area contributed by atoms with Crippen LogP contribution in [0.5, 0.6) is 5.75 Å². The van der Waals surface area contributed by atoms with Gasteiger partial charge >= 0.3 is 0 Å². The molecule has 1 aliphatic heterocycles. The van der Waals surface area contributed by atoms with Crippen LogP contribution in [0.15, 0.2) is 18.2 Å². The van der Waals surface area contributed by atoms with Crippen LogP contribution in [0.3, 0.4) is 0 Å². The van der Waals surface area contributed by atoms with Crippen molar-refractivity contribution in [1.29, 1.82) is 0 Å². The van der Waals surface area contributed by atoms with Crippen molar-refractivity contribution in [2.75, 3.05) is 20.2 Å². The van der Waals surface area contributed by atoms with E-state index in [2.05, 4.69) is 36.7 Å². The smallest absolute Gasteiger partial charge is 0.180 e. The summed E-state index contributed by atoms with van der Waals surface area (Å²) in [6.07, 6.45) is 1.12. The summed E-state index contributed by atoms with van der Waals surface area (Å²) in [5, 5.41) is 0. The van der Waals surface area contributed by atoms with Crippen molar-refractivity contribution in [3.8, 4) is 5.75 Å². The summed E-state index contributed by atoms with van der Waals surface area (Å²) in [6.45, 7) is 6.04. The normalized spacial score (nSPS) is 14.2. The largest absolute Gasteiger partial charge is 1.00 e. The van der Waals surface area contributed by atoms with Crippen molar-refractivity contribution in [3.63, 3.8) is 0 Å². The fraction of sp³-hybridized carbons (Fsp3) is 0.462. The standard InChI is InChI=1S/C13H18NO.ClH/c1-4-15-12-5-6-13-10(2)14(3)8-7-11(13)9-12;/h5-6,9H,4,7-8H2,1-3H3;1H/q+1;/p-1. The molecule has 0 radical (unpaired) electrons. The van der Waals surface area contributed by atoms with Gasteiger partial charge in [-0.2, -0.15) is 0 Å². The number of halogens is 1. The third-order valence-electron chi connectivity index (χ3n) is 3.07. The zero-order chi connectivity index (χ0) is 10.8. The first-order valence-corrected chi connectivity index (χ1v) is 5.53. The van der Waals surface area contributed by atoms with Crippen LogP contribution in [0.25, 0.3) is 0 Å². The number of benzene rings is 1. The summed E-state index contributed by atoms with van der Waals surface area (Å²) in [6, 6.07) is 6.41. The van der Waals surface area contributed by atoms with Crippen LogP contribution in [-0.4, -0.2) is 30.5 Å². The lowest BCUT2D eigenvalue weighted by Crippen LogP contribution is -3.00.